The highest BCUT2D eigenvalue weighted by Gasteiger charge is 2.27. The molecule has 0 aromatic heterocycles. The molecule has 1 rings (SSSR count). The molecule has 1 saturated heterocycles. The van der Waals surface area contributed by atoms with Crippen molar-refractivity contribution in [1.82, 2.24) is 4.90 Å². The average molecular weight is 209 g/mol. The number of terminal acetylenes is 1. The predicted octanol–water partition coefficient (Wildman–Crippen LogP) is 1.16. The van der Waals surface area contributed by atoms with Gasteiger partial charge < -0.3 is 10.0 Å². The van der Waals surface area contributed by atoms with Crippen LogP contribution in [-0.4, -0.2) is 35.1 Å². The molecule has 1 atom stereocenters. The Morgan fingerprint density at radius 1 is 1.53 bits per heavy atom. The molecular formula is C12H19NO2. The van der Waals surface area contributed by atoms with Crippen LogP contribution in [0.2, 0.25) is 0 Å². The number of aliphatic hydroxyl groups is 1. The second-order valence-corrected chi connectivity index (χ2v) is 3.98. The smallest absolute Gasteiger partial charge is 0.222 e. The lowest BCUT2D eigenvalue weighted by Crippen LogP contribution is -2.37. The van der Waals surface area contributed by atoms with Crippen LogP contribution < -0.4 is 0 Å². The molecule has 0 bridgehead atoms. The molecule has 1 heterocycles. The minimum absolute atomic E-state index is 0.0603. The number of amides is 1. The Kier molecular flexibility index (Phi) is 5.20. The second-order valence-electron chi connectivity index (χ2n) is 3.98. The molecule has 1 aliphatic heterocycles. The van der Waals surface area contributed by atoms with E-state index in [-0.39, 0.29) is 18.6 Å². The van der Waals surface area contributed by atoms with E-state index in [2.05, 4.69) is 5.92 Å². The van der Waals surface area contributed by atoms with Crippen LogP contribution in [0.5, 0.6) is 0 Å². The van der Waals surface area contributed by atoms with Gasteiger partial charge in [-0.3, -0.25) is 4.79 Å². The van der Waals surface area contributed by atoms with E-state index in [0.29, 0.717) is 6.42 Å². The number of carbonyl (C=O) groups excluding carboxylic acids is 1. The van der Waals surface area contributed by atoms with Gasteiger partial charge >= 0.3 is 0 Å². The first kappa shape index (κ1) is 12.1. The fraction of sp³-hybridized carbons (Fsp3) is 0.750. The van der Waals surface area contributed by atoms with Crippen molar-refractivity contribution >= 4 is 5.91 Å². The number of rotatable bonds is 5. The molecule has 1 N–H and O–H groups in total. The third kappa shape index (κ3) is 3.56. The summed E-state index contributed by atoms with van der Waals surface area (Å²) in [4.78, 5) is 13.6. The molecule has 3 heteroatoms. The van der Waals surface area contributed by atoms with E-state index in [4.69, 9.17) is 11.5 Å². The van der Waals surface area contributed by atoms with Gasteiger partial charge in [-0.1, -0.05) is 0 Å². The van der Waals surface area contributed by atoms with Crippen LogP contribution in [0.1, 0.15) is 38.5 Å². The summed E-state index contributed by atoms with van der Waals surface area (Å²) in [5.41, 5.74) is 0. The highest BCUT2D eigenvalue weighted by atomic mass is 16.3. The topological polar surface area (TPSA) is 40.5 Å². The van der Waals surface area contributed by atoms with Gasteiger partial charge in [0.1, 0.15) is 0 Å². The lowest BCUT2D eigenvalue weighted by molar-refractivity contribution is -0.132. The Balaban J connectivity index is 2.24. The van der Waals surface area contributed by atoms with Crippen LogP contribution in [0, 0.1) is 12.3 Å². The van der Waals surface area contributed by atoms with Gasteiger partial charge in [-0.05, 0) is 25.7 Å². The molecule has 1 fully saturated rings. The van der Waals surface area contributed by atoms with Crippen LogP contribution in [0.3, 0.4) is 0 Å². The lowest BCUT2D eigenvalue weighted by atomic mass is 10.1. The third-order valence-electron chi connectivity index (χ3n) is 2.87. The van der Waals surface area contributed by atoms with E-state index >= 15 is 0 Å². The van der Waals surface area contributed by atoms with Gasteiger partial charge in [-0.15, -0.1) is 12.3 Å². The molecule has 0 unspecified atom stereocenters. The van der Waals surface area contributed by atoms with Crippen LogP contribution in [0.25, 0.3) is 0 Å². The quantitative estimate of drug-likeness (QED) is 0.545. The van der Waals surface area contributed by atoms with Gasteiger partial charge in [0.25, 0.3) is 0 Å². The molecule has 1 aliphatic rings. The average Bonchev–Trinajstić information content (AvgIpc) is 2.72. The summed E-state index contributed by atoms with van der Waals surface area (Å²) < 4.78 is 0. The Bertz CT molecular complexity index is 244. The molecule has 0 saturated carbocycles. The number of aliphatic hydroxyl groups excluding tert-OH is 1. The number of carbonyl (C=O) groups is 1. The van der Waals surface area contributed by atoms with Gasteiger partial charge in [0.05, 0.1) is 12.6 Å². The first-order valence-corrected chi connectivity index (χ1v) is 5.63. The summed E-state index contributed by atoms with van der Waals surface area (Å²) in [6, 6.07) is 0.0603. The van der Waals surface area contributed by atoms with Crippen molar-refractivity contribution in [2.24, 2.45) is 0 Å². The first-order chi connectivity index (χ1) is 7.29. The van der Waals surface area contributed by atoms with Crippen LogP contribution in [0.4, 0.5) is 0 Å². The van der Waals surface area contributed by atoms with Crippen molar-refractivity contribution < 1.29 is 9.90 Å². The van der Waals surface area contributed by atoms with E-state index in [1.807, 2.05) is 4.90 Å². The maximum absolute atomic E-state index is 11.7. The summed E-state index contributed by atoms with van der Waals surface area (Å²) in [6.45, 7) is 0.898. The van der Waals surface area contributed by atoms with Crippen LogP contribution in [-0.2, 0) is 4.79 Å². The Morgan fingerprint density at radius 3 is 3.00 bits per heavy atom. The molecule has 3 nitrogen and oxygen atoms in total. The molecule has 0 spiro atoms. The van der Waals surface area contributed by atoms with E-state index in [9.17, 15) is 4.79 Å². The van der Waals surface area contributed by atoms with Crippen molar-refractivity contribution in [3.05, 3.63) is 0 Å². The number of unbranched alkanes of at least 4 members (excludes halogenated alkanes) is 2. The fourth-order valence-electron chi connectivity index (χ4n) is 2.00. The normalized spacial score (nSPS) is 20.3. The van der Waals surface area contributed by atoms with Crippen molar-refractivity contribution in [1.29, 1.82) is 0 Å². The second kappa shape index (κ2) is 6.47. The number of likely N-dealkylation sites (tertiary alicyclic amines) is 1. The van der Waals surface area contributed by atoms with Crippen molar-refractivity contribution in [3.63, 3.8) is 0 Å². The molecular weight excluding hydrogens is 190 g/mol. The number of nitrogens with zero attached hydrogens (tertiary/aromatic N) is 1. The minimum atomic E-state index is 0.0603. The van der Waals surface area contributed by atoms with Gasteiger partial charge in [-0.25, -0.2) is 0 Å². The number of hydrogen-bond acceptors (Lipinski definition) is 2. The largest absolute Gasteiger partial charge is 0.394 e. The molecule has 0 aromatic rings. The van der Waals surface area contributed by atoms with Crippen molar-refractivity contribution in [2.45, 2.75) is 44.6 Å². The van der Waals surface area contributed by atoms with Crippen molar-refractivity contribution in [2.75, 3.05) is 13.2 Å². The SMILES string of the molecule is C#CCCCCC(=O)N1CCC[C@@H]1CO. The standard InChI is InChI=1S/C12H19NO2/c1-2-3-4-5-8-12(15)13-9-6-7-11(13)10-14/h1,11,14H,3-10H2/t11-/m1/s1. The van der Waals surface area contributed by atoms with E-state index in [0.717, 1.165) is 38.6 Å². The summed E-state index contributed by atoms with van der Waals surface area (Å²) in [7, 11) is 0. The van der Waals surface area contributed by atoms with Gasteiger partial charge in [0, 0.05) is 19.4 Å². The summed E-state index contributed by atoms with van der Waals surface area (Å²) in [5.74, 6) is 2.74. The predicted molar refractivity (Wildman–Crippen MR) is 59.1 cm³/mol. The molecule has 84 valence electrons. The Hall–Kier alpha value is -1.01. The van der Waals surface area contributed by atoms with Crippen LogP contribution >= 0.6 is 0 Å². The van der Waals surface area contributed by atoms with Crippen LogP contribution in [0.15, 0.2) is 0 Å². The molecule has 0 aromatic carbocycles. The van der Waals surface area contributed by atoms with Gasteiger partial charge in [0.15, 0.2) is 0 Å². The van der Waals surface area contributed by atoms with E-state index in [1.54, 1.807) is 0 Å². The summed E-state index contributed by atoms with van der Waals surface area (Å²) in [6.07, 6.45) is 10.2. The minimum Gasteiger partial charge on any atom is -0.394 e. The highest BCUT2D eigenvalue weighted by Crippen LogP contribution is 2.18. The zero-order chi connectivity index (χ0) is 11.1. The Labute approximate surface area is 91.5 Å². The molecule has 15 heavy (non-hydrogen) atoms. The lowest BCUT2D eigenvalue weighted by Gasteiger charge is -2.22. The van der Waals surface area contributed by atoms with Gasteiger partial charge in [-0.2, -0.15) is 0 Å². The maximum Gasteiger partial charge on any atom is 0.222 e. The Morgan fingerprint density at radius 2 is 2.33 bits per heavy atom. The monoisotopic (exact) mass is 209 g/mol. The van der Waals surface area contributed by atoms with E-state index < -0.39 is 0 Å². The summed E-state index contributed by atoms with van der Waals surface area (Å²) >= 11 is 0. The highest BCUT2D eigenvalue weighted by molar-refractivity contribution is 5.76. The molecule has 0 radical (unpaired) electrons. The van der Waals surface area contributed by atoms with E-state index in [1.165, 1.54) is 0 Å². The first-order valence-electron chi connectivity index (χ1n) is 5.63. The van der Waals surface area contributed by atoms with Crippen molar-refractivity contribution in [3.8, 4) is 12.3 Å². The maximum atomic E-state index is 11.7. The summed E-state index contributed by atoms with van der Waals surface area (Å²) in [5, 5.41) is 9.07. The number of hydrogen-bond donors (Lipinski definition) is 1. The molecule has 0 aliphatic carbocycles. The third-order valence-corrected chi connectivity index (χ3v) is 2.87. The fourth-order valence-corrected chi connectivity index (χ4v) is 2.00. The molecule has 1 amide bonds. The zero-order valence-corrected chi connectivity index (χ0v) is 9.11. The zero-order valence-electron chi connectivity index (χ0n) is 9.11. The van der Waals surface area contributed by atoms with Gasteiger partial charge in [0.2, 0.25) is 5.91 Å².